The van der Waals surface area contributed by atoms with E-state index in [-0.39, 0.29) is 11.8 Å². The van der Waals surface area contributed by atoms with E-state index in [1.54, 1.807) is 0 Å². The molecular weight excluding hydrogens is 202 g/mol. The fourth-order valence-electron chi connectivity index (χ4n) is 2.64. The van der Waals surface area contributed by atoms with Crippen LogP contribution in [0.5, 0.6) is 0 Å². The number of hydrogen-bond acceptors (Lipinski definition) is 2. The minimum absolute atomic E-state index is 0.193. The van der Waals surface area contributed by atoms with Crippen molar-refractivity contribution in [2.24, 2.45) is 0 Å². The average molecular weight is 219 g/mol. The molecular formula is C13H17NO2. The molecule has 1 N–H and O–H groups in total. The number of carboxylic acids is 1. The van der Waals surface area contributed by atoms with Crippen LogP contribution in [0.25, 0.3) is 0 Å². The summed E-state index contributed by atoms with van der Waals surface area (Å²) in [7, 11) is 2.05. The Morgan fingerprint density at radius 2 is 2.12 bits per heavy atom. The van der Waals surface area contributed by atoms with Gasteiger partial charge in [0.1, 0.15) is 0 Å². The molecule has 0 saturated carbocycles. The molecule has 0 bridgehead atoms. The molecule has 1 unspecified atom stereocenters. The van der Waals surface area contributed by atoms with Crippen LogP contribution in [0.4, 0.5) is 0 Å². The predicted octanol–water partition coefficient (Wildman–Crippen LogP) is 1.73. The summed E-state index contributed by atoms with van der Waals surface area (Å²) >= 11 is 0. The Bertz CT molecular complexity index is 377. The topological polar surface area (TPSA) is 40.5 Å². The molecule has 1 heterocycles. The lowest BCUT2D eigenvalue weighted by atomic mass is 9.77. The highest BCUT2D eigenvalue weighted by Gasteiger charge is 2.39. The monoisotopic (exact) mass is 219 g/mol. The van der Waals surface area contributed by atoms with Crippen LogP contribution in [0.15, 0.2) is 30.3 Å². The van der Waals surface area contributed by atoms with Gasteiger partial charge in [-0.2, -0.15) is 0 Å². The Morgan fingerprint density at radius 1 is 1.44 bits per heavy atom. The highest BCUT2D eigenvalue weighted by molar-refractivity contribution is 5.69. The molecule has 86 valence electrons. The zero-order valence-corrected chi connectivity index (χ0v) is 9.52. The fourth-order valence-corrected chi connectivity index (χ4v) is 2.64. The van der Waals surface area contributed by atoms with Crippen molar-refractivity contribution in [3.8, 4) is 0 Å². The first-order valence-electron chi connectivity index (χ1n) is 5.58. The maximum atomic E-state index is 11.0. The minimum atomic E-state index is -0.709. The van der Waals surface area contributed by atoms with Crippen molar-refractivity contribution < 1.29 is 9.90 Å². The molecule has 1 atom stereocenters. The Kier molecular flexibility index (Phi) is 2.97. The minimum Gasteiger partial charge on any atom is -0.481 e. The smallest absolute Gasteiger partial charge is 0.304 e. The number of likely N-dealkylation sites (tertiary alicyclic amines) is 1. The van der Waals surface area contributed by atoms with E-state index in [1.165, 1.54) is 0 Å². The quantitative estimate of drug-likeness (QED) is 0.841. The average Bonchev–Trinajstić information content (AvgIpc) is 2.62. The van der Waals surface area contributed by atoms with Crippen molar-refractivity contribution in [3.63, 3.8) is 0 Å². The van der Waals surface area contributed by atoms with Crippen LogP contribution in [-0.4, -0.2) is 36.1 Å². The lowest BCUT2D eigenvalue weighted by molar-refractivity contribution is -0.138. The van der Waals surface area contributed by atoms with E-state index >= 15 is 0 Å². The van der Waals surface area contributed by atoms with Gasteiger partial charge < -0.3 is 10.0 Å². The van der Waals surface area contributed by atoms with Crippen molar-refractivity contribution >= 4 is 5.97 Å². The Hall–Kier alpha value is -1.35. The number of carboxylic acid groups (broad SMARTS) is 1. The predicted molar refractivity (Wildman–Crippen MR) is 62.5 cm³/mol. The van der Waals surface area contributed by atoms with Gasteiger partial charge in [-0.05, 0) is 25.6 Å². The lowest BCUT2D eigenvalue weighted by Gasteiger charge is -2.27. The first kappa shape index (κ1) is 11.1. The van der Waals surface area contributed by atoms with Crippen molar-refractivity contribution in [2.75, 3.05) is 20.1 Å². The maximum Gasteiger partial charge on any atom is 0.304 e. The van der Waals surface area contributed by atoms with E-state index in [2.05, 4.69) is 4.90 Å². The van der Waals surface area contributed by atoms with Crippen LogP contribution in [0, 0.1) is 0 Å². The molecule has 0 radical (unpaired) electrons. The lowest BCUT2D eigenvalue weighted by Crippen LogP contribution is -2.32. The number of likely N-dealkylation sites (N-methyl/N-ethyl adjacent to an activating group) is 1. The van der Waals surface area contributed by atoms with Gasteiger partial charge in [0.25, 0.3) is 0 Å². The number of rotatable bonds is 3. The molecule has 2 rings (SSSR count). The largest absolute Gasteiger partial charge is 0.481 e. The van der Waals surface area contributed by atoms with Gasteiger partial charge in [0.05, 0.1) is 6.42 Å². The summed E-state index contributed by atoms with van der Waals surface area (Å²) in [6.07, 6.45) is 1.15. The van der Waals surface area contributed by atoms with E-state index in [4.69, 9.17) is 5.11 Å². The molecule has 1 aliphatic heterocycles. The third-order valence-corrected chi connectivity index (χ3v) is 3.42. The Balaban J connectivity index is 2.32. The first-order chi connectivity index (χ1) is 7.62. The van der Waals surface area contributed by atoms with Gasteiger partial charge in [-0.1, -0.05) is 30.3 Å². The van der Waals surface area contributed by atoms with E-state index in [1.807, 2.05) is 37.4 Å². The van der Waals surface area contributed by atoms with Gasteiger partial charge in [-0.15, -0.1) is 0 Å². The normalized spacial score (nSPS) is 25.8. The molecule has 1 saturated heterocycles. The summed E-state index contributed by atoms with van der Waals surface area (Å²) in [5, 5.41) is 9.07. The molecule has 3 heteroatoms. The summed E-state index contributed by atoms with van der Waals surface area (Å²) in [6, 6.07) is 10.0. The van der Waals surface area contributed by atoms with E-state index in [9.17, 15) is 4.79 Å². The highest BCUT2D eigenvalue weighted by Crippen LogP contribution is 2.37. The van der Waals surface area contributed by atoms with Gasteiger partial charge in [-0.25, -0.2) is 0 Å². The molecule has 1 aromatic carbocycles. The van der Waals surface area contributed by atoms with Crippen molar-refractivity contribution in [2.45, 2.75) is 18.3 Å². The molecule has 0 aromatic heterocycles. The van der Waals surface area contributed by atoms with Crippen LogP contribution in [0.3, 0.4) is 0 Å². The van der Waals surface area contributed by atoms with Gasteiger partial charge in [0.2, 0.25) is 0 Å². The van der Waals surface area contributed by atoms with Gasteiger partial charge in [0.15, 0.2) is 0 Å². The summed E-state index contributed by atoms with van der Waals surface area (Å²) in [6.45, 7) is 1.81. The number of hydrogen-bond donors (Lipinski definition) is 1. The van der Waals surface area contributed by atoms with Crippen molar-refractivity contribution in [3.05, 3.63) is 35.9 Å². The van der Waals surface area contributed by atoms with Crippen LogP contribution in [-0.2, 0) is 10.2 Å². The molecule has 3 nitrogen and oxygen atoms in total. The van der Waals surface area contributed by atoms with E-state index < -0.39 is 5.97 Å². The fraction of sp³-hybridized carbons (Fsp3) is 0.462. The number of benzene rings is 1. The van der Waals surface area contributed by atoms with Crippen molar-refractivity contribution in [1.29, 1.82) is 0 Å². The Labute approximate surface area is 95.7 Å². The Morgan fingerprint density at radius 3 is 2.62 bits per heavy atom. The number of carbonyl (C=O) groups is 1. The molecule has 0 aliphatic carbocycles. The van der Waals surface area contributed by atoms with Crippen LogP contribution >= 0.6 is 0 Å². The summed E-state index contributed by atoms with van der Waals surface area (Å²) in [5.41, 5.74) is 0.962. The zero-order valence-electron chi connectivity index (χ0n) is 9.52. The van der Waals surface area contributed by atoms with Crippen molar-refractivity contribution in [1.82, 2.24) is 4.90 Å². The molecule has 1 aromatic rings. The number of nitrogens with zero attached hydrogens (tertiary/aromatic N) is 1. The van der Waals surface area contributed by atoms with Gasteiger partial charge in [0, 0.05) is 12.0 Å². The van der Waals surface area contributed by atoms with Gasteiger partial charge in [-0.3, -0.25) is 4.79 Å². The second kappa shape index (κ2) is 4.26. The third kappa shape index (κ3) is 2.09. The maximum absolute atomic E-state index is 11.0. The molecule has 16 heavy (non-hydrogen) atoms. The molecule has 1 fully saturated rings. The standard InChI is InChI=1S/C13H17NO2/c1-14-8-7-13(10-14,9-12(15)16)11-5-3-2-4-6-11/h2-6H,7-10H2,1H3,(H,15,16). The van der Waals surface area contributed by atoms with E-state index in [0.29, 0.717) is 0 Å². The van der Waals surface area contributed by atoms with Crippen LogP contribution in [0.1, 0.15) is 18.4 Å². The highest BCUT2D eigenvalue weighted by atomic mass is 16.4. The first-order valence-corrected chi connectivity index (χ1v) is 5.58. The summed E-state index contributed by atoms with van der Waals surface area (Å²) < 4.78 is 0. The second-order valence-corrected chi connectivity index (χ2v) is 4.70. The second-order valence-electron chi connectivity index (χ2n) is 4.70. The van der Waals surface area contributed by atoms with Crippen LogP contribution < -0.4 is 0 Å². The molecule has 1 aliphatic rings. The SMILES string of the molecule is CN1CCC(CC(=O)O)(c2ccccc2)C1. The summed E-state index contributed by atoms with van der Waals surface area (Å²) in [4.78, 5) is 13.2. The van der Waals surface area contributed by atoms with Crippen LogP contribution in [0.2, 0.25) is 0 Å². The zero-order chi connectivity index (χ0) is 11.6. The van der Waals surface area contributed by atoms with Gasteiger partial charge >= 0.3 is 5.97 Å². The summed E-state index contributed by atoms with van der Waals surface area (Å²) in [5.74, 6) is -0.709. The molecule has 0 amide bonds. The molecule has 0 spiro atoms. The van der Waals surface area contributed by atoms with E-state index in [0.717, 1.165) is 25.1 Å². The number of aliphatic carboxylic acids is 1. The third-order valence-electron chi connectivity index (χ3n) is 3.42.